The van der Waals surface area contributed by atoms with Gasteiger partial charge in [-0.1, -0.05) is 115 Å². The summed E-state index contributed by atoms with van der Waals surface area (Å²) in [5, 5.41) is 1.54. The maximum Gasteiger partial charge on any atom is 1.00 e. The Morgan fingerprint density at radius 3 is 1.73 bits per heavy atom. The van der Waals surface area contributed by atoms with Gasteiger partial charge < -0.3 is 4.55 Å². The maximum atomic E-state index is 12.0. The number of unbranched alkanes of at least 4 members (excludes halogenated alkanes) is 12. The molecule has 0 amide bonds. The van der Waals surface area contributed by atoms with Crippen LogP contribution in [0.3, 0.4) is 0 Å². The molecule has 0 spiro atoms. The molecule has 0 radical (unpaired) electrons. The SMILES string of the molecule is CCCCCCCCCc1ccc2cccc(S(=O)(=O)[O-])c2c1CCCCCCCCC.[K+]. The first-order valence-electron chi connectivity index (χ1n) is 13.0. The minimum absolute atomic E-state index is 0. The fraction of sp³-hybridized carbons (Fsp3) is 0.643. The molecule has 33 heavy (non-hydrogen) atoms. The van der Waals surface area contributed by atoms with Crippen LogP contribution >= 0.6 is 0 Å². The topological polar surface area (TPSA) is 57.2 Å². The standard InChI is InChI=1S/C28H44O3S.K/c1-3-5-7-9-11-13-15-18-24-22-23-25-19-17-21-27(32(29,30)31)28(25)26(24)20-16-14-12-10-8-6-4-2;/h17,19,21-23H,3-16,18,20H2,1-2H3,(H,29,30,31);/q;+1/p-1. The average Bonchev–Trinajstić information content (AvgIpc) is 2.77. The van der Waals surface area contributed by atoms with Gasteiger partial charge in [0.1, 0.15) is 10.1 Å². The average molecular weight is 499 g/mol. The predicted octanol–water partition coefficient (Wildman–Crippen LogP) is 5.33. The zero-order chi connectivity index (χ0) is 23.2. The molecule has 0 fully saturated rings. The summed E-state index contributed by atoms with van der Waals surface area (Å²) in [6.07, 6.45) is 19.2. The minimum Gasteiger partial charge on any atom is -0.744 e. The number of rotatable bonds is 17. The molecule has 0 saturated carbocycles. The van der Waals surface area contributed by atoms with Gasteiger partial charge in [0.25, 0.3) is 0 Å². The molecular weight excluding hydrogens is 455 g/mol. The molecule has 0 saturated heterocycles. The Morgan fingerprint density at radius 1 is 0.667 bits per heavy atom. The van der Waals surface area contributed by atoms with Gasteiger partial charge in [0, 0.05) is 5.39 Å². The fourth-order valence-corrected chi connectivity index (χ4v) is 5.46. The van der Waals surface area contributed by atoms with E-state index in [2.05, 4.69) is 19.9 Å². The van der Waals surface area contributed by atoms with Crippen LogP contribution in [0.4, 0.5) is 0 Å². The summed E-state index contributed by atoms with van der Waals surface area (Å²) < 4.78 is 36.1. The number of aryl methyl sites for hydroxylation is 2. The van der Waals surface area contributed by atoms with Crippen molar-refractivity contribution in [3.8, 4) is 0 Å². The van der Waals surface area contributed by atoms with Crippen molar-refractivity contribution in [3.63, 3.8) is 0 Å². The summed E-state index contributed by atoms with van der Waals surface area (Å²) in [7, 11) is -4.50. The molecule has 0 aliphatic heterocycles. The van der Waals surface area contributed by atoms with E-state index < -0.39 is 10.1 Å². The minimum atomic E-state index is -4.50. The van der Waals surface area contributed by atoms with E-state index in [1.165, 1.54) is 82.3 Å². The normalized spacial score (nSPS) is 11.6. The van der Waals surface area contributed by atoms with Crippen LogP contribution in [-0.4, -0.2) is 13.0 Å². The molecule has 0 bridgehead atoms. The summed E-state index contributed by atoms with van der Waals surface area (Å²) in [5.41, 5.74) is 2.32. The van der Waals surface area contributed by atoms with Gasteiger partial charge in [-0.15, -0.1) is 0 Å². The number of benzene rings is 2. The van der Waals surface area contributed by atoms with E-state index in [1.807, 2.05) is 12.1 Å². The molecule has 2 aromatic carbocycles. The largest absolute Gasteiger partial charge is 1.00 e. The smallest absolute Gasteiger partial charge is 0.744 e. The van der Waals surface area contributed by atoms with Gasteiger partial charge >= 0.3 is 51.4 Å². The molecule has 2 rings (SSSR count). The van der Waals surface area contributed by atoms with Gasteiger partial charge in [-0.25, -0.2) is 8.42 Å². The van der Waals surface area contributed by atoms with Crippen molar-refractivity contribution >= 4 is 20.9 Å². The fourth-order valence-electron chi connectivity index (χ4n) is 4.72. The van der Waals surface area contributed by atoms with Crippen molar-refractivity contribution in [1.29, 1.82) is 0 Å². The van der Waals surface area contributed by atoms with E-state index in [1.54, 1.807) is 6.07 Å². The van der Waals surface area contributed by atoms with Crippen molar-refractivity contribution in [2.45, 2.75) is 121 Å². The van der Waals surface area contributed by atoms with Crippen LogP contribution in [-0.2, 0) is 23.0 Å². The van der Waals surface area contributed by atoms with Gasteiger partial charge in [-0.3, -0.25) is 0 Å². The van der Waals surface area contributed by atoms with Gasteiger partial charge in [0.15, 0.2) is 0 Å². The third kappa shape index (κ3) is 11.2. The van der Waals surface area contributed by atoms with E-state index in [4.69, 9.17) is 0 Å². The third-order valence-electron chi connectivity index (χ3n) is 6.56. The number of hydrogen-bond donors (Lipinski definition) is 0. The van der Waals surface area contributed by atoms with E-state index in [-0.39, 0.29) is 56.3 Å². The Morgan fingerprint density at radius 2 is 1.18 bits per heavy atom. The van der Waals surface area contributed by atoms with Crippen molar-refractivity contribution in [3.05, 3.63) is 41.5 Å². The molecule has 0 atom stereocenters. The predicted molar refractivity (Wildman–Crippen MR) is 135 cm³/mol. The molecule has 3 nitrogen and oxygen atoms in total. The Balaban J connectivity index is 0.00000544. The van der Waals surface area contributed by atoms with Gasteiger partial charge in [0.05, 0.1) is 4.90 Å². The molecular formula is C28H43KO3S. The first-order valence-corrected chi connectivity index (χ1v) is 14.4. The van der Waals surface area contributed by atoms with Crippen LogP contribution in [0.5, 0.6) is 0 Å². The van der Waals surface area contributed by atoms with E-state index >= 15 is 0 Å². The van der Waals surface area contributed by atoms with Crippen molar-refractivity contribution in [2.75, 3.05) is 0 Å². The Kier molecular flexibility index (Phi) is 16.7. The Labute approximate surface area is 245 Å². The summed E-state index contributed by atoms with van der Waals surface area (Å²) in [6.45, 7) is 4.47. The Hall–Kier alpha value is 0.246. The summed E-state index contributed by atoms with van der Waals surface area (Å²) in [5.74, 6) is 0. The quantitative estimate of drug-likeness (QED) is 0.168. The van der Waals surface area contributed by atoms with Crippen LogP contribution in [0, 0.1) is 0 Å². The first-order chi connectivity index (χ1) is 15.5. The van der Waals surface area contributed by atoms with E-state index in [9.17, 15) is 13.0 Å². The second kappa shape index (κ2) is 17.6. The molecule has 0 aliphatic carbocycles. The van der Waals surface area contributed by atoms with Crippen LogP contribution in [0.1, 0.15) is 115 Å². The molecule has 0 aliphatic rings. The first kappa shape index (κ1) is 31.3. The zero-order valence-electron chi connectivity index (χ0n) is 21.3. The molecule has 180 valence electrons. The van der Waals surface area contributed by atoms with Gasteiger partial charge in [0.2, 0.25) is 0 Å². The second-order valence-electron chi connectivity index (χ2n) is 9.25. The van der Waals surface area contributed by atoms with Crippen LogP contribution < -0.4 is 51.4 Å². The molecule has 0 N–H and O–H groups in total. The third-order valence-corrected chi connectivity index (χ3v) is 7.44. The van der Waals surface area contributed by atoms with E-state index in [0.717, 1.165) is 43.1 Å². The number of hydrogen-bond acceptors (Lipinski definition) is 3. The van der Waals surface area contributed by atoms with Crippen molar-refractivity contribution < 1.29 is 64.4 Å². The number of fused-ring (bicyclic) bond motifs is 1. The van der Waals surface area contributed by atoms with Crippen molar-refractivity contribution in [1.82, 2.24) is 0 Å². The summed E-state index contributed by atoms with van der Waals surface area (Å²) >= 11 is 0. The zero-order valence-corrected chi connectivity index (χ0v) is 25.3. The van der Waals surface area contributed by atoms with E-state index in [0.29, 0.717) is 5.39 Å². The summed E-state index contributed by atoms with van der Waals surface area (Å²) in [4.78, 5) is -0.0469. The monoisotopic (exact) mass is 498 g/mol. The second-order valence-corrected chi connectivity index (χ2v) is 10.6. The van der Waals surface area contributed by atoms with Gasteiger partial charge in [-0.2, -0.15) is 0 Å². The maximum absolute atomic E-state index is 12.0. The van der Waals surface area contributed by atoms with Crippen LogP contribution in [0.15, 0.2) is 35.2 Å². The van der Waals surface area contributed by atoms with Crippen molar-refractivity contribution in [2.24, 2.45) is 0 Å². The molecule has 0 unspecified atom stereocenters. The Bertz CT molecular complexity index is 909. The van der Waals surface area contributed by atoms with Crippen LogP contribution in [0.2, 0.25) is 0 Å². The molecule has 0 heterocycles. The molecule has 2 aromatic rings. The van der Waals surface area contributed by atoms with Crippen LogP contribution in [0.25, 0.3) is 10.8 Å². The molecule has 0 aromatic heterocycles. The van der Waals surface area contributed by atoms with Gasteiger partial charge in [-0.05, 0) is 48.3 Å². The molecule has 5 heteroatoms. The summed E-state index contributed by atoms with van der Waals surface area (Å²) in [6, 6.07) is 9.25.